The van der Waals surface area contributed by atoms with Gasteiger partial charge in [-0.05, 0) is 0 Å². The minimum Gasteiger partial charge on any atom is -0.481 e. The Morgan fingerprint density at radius 1 is 1.56 bits per heavy atom. The molecule has 1 aromatic heterocycles. The second-order valence-corrected chi connectivity index (χ2v) is 3.71. The van der Waals surface area contributed by atoms with Crippen molar-refractivity contribution in [3.63, 3.8) is 0 Å². The highest BCUT2D eigenvalue weighted by atomic mass is 35.5. The van der Waals surface area contributed by atoms with E-state index < -0.39 is 17.9 Å². The molecule has 18 heavy (non-hydrogen) atoms. The van der Waals surface area contributed by atoms with Crippen LogP contribution >= 0.6 is 11.6 Å². The van der Waals surface area contributed by atoms with Gasteiger partial charge in [-0.1, -0.05) is 11.6 Å². The number of anilines is 1. The average molecular weight is 274 g/mol. The second kappa shape index (κ2) is 6.12. The molecule has 9 heteroatoms. The molecule has 0 saturated carbocycles. The van der Waals surface area contributed by atoms with Gasteiger partial charge in [-0.2, -0.15) is 4.98 Å². The minimum atomic E-state index is -1.07. The first-order chi connectivity index (χ1) is 8.42. The van der Waals surface area contributed by atoms with Crippen LogP contribution in [0.25, 0.3) is 0 Å². The van der Waals surface area contributed by atoms with Gasteiger partial charge in [0.05, 0.1) is 19.6 Å². The van der Waals surface area contributed by atoms with E-state index in [1.54, 1.807) is 0 Å². The zero-order chi connectivity index (χ0) is 13.7. The van der Waals surface area contributed by atoms with Gasteiger partial charge in [-0.15, -0.1) is 0 Å². The van der Waals surface area contributed by atoms with E-state index in [0.29, 0.717) is 0 Å². The van der Waals surface area contributed by atoms with E-state index >= 15 is 0 Å². The van der Waals surface area contributed by atoms with Crippen molar-refractivity contribution in [2.75, 3.05) is 12.4 Å². The molecule has 1 atom stereocenters. The van der Waals surface area contributed by atoms with E-state index in [4.69, 9.17) is 27.8 Å². The highest BCUT2D eigenvalue weighted by molar-refractivity contribution is 6.29. The Hall–Kier alpha value is -1.93. The summed E-state index contributed by atoms with van der Waals surface area (Å²) in [6.07, 6.45) is -0.274. The molecule has 0 radical (unpaired) electrons. The molecule has 0 saturated heterocycles. The number of rotatable bonds is 5. The normalized spacial score (nSPS) is 11.7. The van der Waals surface area contributed by atoms with E-state index in [1.807, 2.05) is 0 Å². The van der Waals surface area contributed by atoms with Gasteiger partial charge >= 0.3 is 0 Å². The quantitative estimate of drug-likeness (QED) is 0.606. The van der Waals surface area contributed by atoms with Crippen LogP contribution in [0.5, 0.6) is 5.88 Å². The number of ether oxygens (including phenoxy) is 1. The summed E-state index contributed by atoms with van der Waals surface area (Å²) in [5.74, 6) is -1.20. The number of nitrogens with zero attached hydrogens (tertiary/aromatic N) is 2. The maximum Gasteiger partial charge on any atom is 0.244 e. The summed E-state index contributed by atoms with van der Waals surface area (Å²) in [7, 11) is 1.39. The van der Waals surface area contributed by atoms with Gasteiger partial charge in [0.15, 0.2) is 0 Å². The number of amides is 2. The number of methoxy groups -OCH3 is 1. The first kappa shape index (κ1) is 14.1. The second-order valence-electron chi connectivity index (χ2n) is 3.32. The number of carbonyl (C=O) groups excluding carboxylic acids is 2. The maximum atomic E-state index is 11.6. The standard InChI is InChI=1S/C9H12ClN5O3/c1-18-7-3-5(10)13-9(14-7)15-8(17)4(11)2-6(12)16/h3-4H,2,11H2,1H3,(H2,12,16)(H,13,14,15,17). The molecule has 1 unspecified atom stereocenters. The van der Waals surface area contributed by atoms with Gasteiger partial charge in [0.2, 0.25) is 23.6 Å². The van der Waals surface area contributed by atoms with Crippen molar-refractivity contribution in [1.82, 2.24) is 9.97 Å². The number of primary amides is 1. The molecular formula is C9H12ClN5O3. The monoisotopic (exact) mass is 273 g/mol. The van der Waals surface area contributed by atoms with Gasteiger partial charge in [-0.3, -0.25) is 14.9 Å². The highest BCUT2D eigenvalue weighted by Crippen LogP contribution is 2.15. The van der Waals surface area contributed by atoms with Crippen LogP contribution < -0.4 is 21.5 Å². The van der Waals surface area contributed by atoms with Crippen molar-refractivity contribution in [3.8, 4) is 5.88 Å². The Bertz CT molecular complexity index is 468. The molecule has 1 rings (SSSR count). The van der Waals surface area contributed by atoms with Crippen LogP contribution in [0.15, 0.2) is 6.07 Å². The fourth-order valence-corrected chi connectivity index (χ4v) is 1.24. The molecule has 1 aromatic rings. The van der Waals surface area contributed by atoms with Crippen LogP contribution in [-0.4, -0.2) is 34.9 Å². The Kier molecular flexibility index (Phi) is 4.81. The minimum absolute atomic E-state index is 0.0655. The lowest BCUT2D eigenvalue weighted by atomic mass is 10.2. The number of hydrogen-bond acceptors (Lipinski definition) is 6. The lowest BCUT2D eigenvalue weighted by Crippen LogP contribution is -2.39. The lowest BCUT2D eigenvalue weighted by molar-refractivity contribution is -0.123. The molecule has 0 aliphatic rings. The summed E-state index contributed by atoms with van der Waals surface area (Å²) in [4.78, 5) is 29.7. The smallest absolute Gasteiger partial charge is 0.244 e. The maximum absolute atomic E-state index is 11.6. The Labute approximate surface area is 108 Å². The van der Waals surface area contributed by atoms with E-state index in [0.717, 1.165) is 0 Å². The molecule has 1 heterocycles. The molecule has 0 aromatic carbocycles. The van der Waals surface area contributed by atoms with Crippen LogP contribution in [0.4, 0.5) is 5.95 Å². The zero-order valence-corrected chi connectivity index (χ0v) is 10.3. The summed E-state index contributed by atoms with van der Waals surface area (Å²) in [5.41, 5.74) is 10.4. The third-order valence-corrected chi connectivity index (χ3v) is 2.07. The molecule has 0 bridgehead atoms. The SMILES string of the molecule is COc1cc(Cl)nc(NC(=O)C(N)CC(N)=O)n1. The van der Waals surface area contributed by atoms with Gasteiger partial charge in [0.1, 0.15) is 5.15 Å². The molecule has 0 aliphatic heterocycles. The average Bonchev–Trinajstić information content (AvgIpc) is 2.27. The van der Waals surface area contributed by atoms with E-state index in [2.05, 4.69) is 15.3 Å². The van der Waals surface area contributed by atoms with Gasteiger partial charge < -0.3 is 16.2 Å². The molecule has 2 amide bonds. The zero-order valence-electron chi connectivity index (χ0n) is 9.51. The van der Waals surface area contributed by atoms with E-state index in [1.165, 1.54) is 13.2 Å². The molecule has 8 nitrogen and oxygen atoms in total. The van der Waals surface area contributed by atoms with Crippen LogP contribution in [0.3, 0.4) is 0 Å². The van der Waals surface area contributed by atoms with Gasteiger partial charge in [0, 0.05) is 6.07 Å². The first-order valence-corrected chi connectivity index (χ1v) is 5.23. The fraction of sp³-hybridized carbons (Fsp3) is 0.333. The first-order valence-electron chi connectivity index (χ1n) is 4.85. The lowest BCUT2D eigenvalue weighted by Gasteiger charge is -2.10. The molecule has 0 aliphatic carbocycles. The number of aromatic nitrogens is 2. The van der Waals surface area contributed by atoms with Crippen LogP contribution in [-0.2, 0) is 9.59 Å². The summed E-state index contributed by atoms with van der Waals surface area (Å²) in [6, 6.07) is 0.302. The van der Waals surface area contributed by atoms with Crippen LogP contribution in [0.2, 0.25) is 5.15 Å². The van der Waals surface area contributed by atoms with Crippen molar-refractivity contribution in [2.45, 2.75) is 12.5 Å². The number of hydrogen-bond donors (Lipinski definition) is 3. The van der Waals surface area contributed by atoms with E-state index in [-0.39, 0.29) is 23.4 Å². The van der Waals surface area contributed by atoms with Crippen molar-refractivity contribution in [2.24, 2.45) is 11.5 Å². The third-order valence-electron chi connectivity index (χ3n) is 1.87. The molecule has 0 fully saturated rings. The summed E-state index contributed by atoms with van der Waals surface area (Å²) in [6.45, 7) is 0. The van der Waals surface area contributed by atoms with Crippen molar-refractivity contribution < 1.29 is 14.3 Å². The van der Waals surface area contributed by atoms with Crippen molar-refractivity contribution >= 4 is 29.4 Å². The number of carbonyl (C=O) groups is 2. The molecule has 5 N–H and O–H groups in total. The fourth-order valence-electron chi connectivity index (χ4n) is 1.07. The van der Waals surface area contributed by atoms with Crippen LogP contribution in [0, 0.1) is 0 Å². The summed E-state index contributed by atoms with van der Waals surface area (Å²) >= 11 is 5.69. The number of nitrogens with two attached hydrogens (primary N) is 2. The molecule has 98 valence electrons. The molecular weight excluding hydrogens is 262 g/mol. The third kappa shape index (κ3) is 4.15. The predicted molar refractivity (Wildman–Crippen MR) is 64.0 cm³/mol. The van der Waals surface area contributed by atoms with Crippen LogP contribution in [0.1, 0.15) is 6.42 Å². The number of nitrogens with one attached hydrogen (secondary N) is 1. The van der Waals surface area contributed by atoms with Gasteiger partial charge in [-0.25, -0.2) is 4.98 Å². The topological polar surface area (TPSA) is 133 Å². The Balaban J connectivity index is 2.75. The van der Waals surface area contributed by atoms with Crippen molar-refractivity contribution in [1.29, 1.82) is 0 Å². The van der Waals surface area contributed by atoms with E-state index in [9.17, 15) is 9.59 Å². The largest absolute Gasteiger partial charge is 0.481 e. The summed E-state index contributed by atoms with van der Waals surface area (Å²) in [5, 5.41) is 2.40. The molecule has 0 spiro atoms. The predicted octanol–water partition coefficient (Wildman–Crippen LogP) is -0.720. The highest BCUT2D eigenvalue weighted by Gasteiger charge is 2.17. The Morgan fingerprint density at radius 2 is 2.22 bits per heavy atom. The summed E-state index contributed by atoms with van der Waals surface area (Å²) < 4.78 is 4.85. The van der Waals surface area contributed by atoms with Gasteiger partial charge in [0.25, 0.3) is 0 Å². The number of halogens is 1. The van der Waals surface area contributed by atoms with Crippen molar-refractivity contribution in [3.05, 3.63) is 11.2 Å². The Morgan fingerprint density at radius 3 is 2.78 bits per heavy atom.